The Morgan fingerprint density at radius 1 is 1.29 bits per heavy atom. The van der Waals surface area contributed by atoms with Crippen LogP contribution >= 0.6 is 0 Å². The second kappa shape index (κ2) is 8.29. The molecule has 10 nitrogen and oxygen atoms in total. The van der Waals surface area contributed by atoms with Crippen LogP contribution in [-0.4, -0.2) is 54.8 Å². The molecule has 12 heteroatoms. The van der Waals surface area contributed by atoms with Gasteiger partial charge in [-0.1, -0.05) is 0 Å². The predicted octanol–water partition coefficient (Wildman–Crippen LogP) is 2.68. The van der Waals surface area contributed by atoms with Gasteiger partial charge in [0.15, 0.2) is 5.65 Å². The van der Waals surface area contributed by atoms with Gasteiger partial charge in [0.25, 0.3) is 17.4 Å². The maximum Gasteiger partial charge on any atom is 0.274 e. The topological polar surface area (TPSA) is 126 Å². The molecule has 3 heterocycles. The van der Waals surface area contributed by atoms with E-state index in [1.807, 2.05) is 0 Å². The van der Waals surface area contributed by atoms with Gasteiger partial charge in [0.05, 0.1) is 11.8 Å². The number of hydrogen-bond acceptors (Lipinski definition) is 7. The number of pyridine rings is 1. The number of rotatable bonds is 6. The number of nitrogens with one attached hydrogen (secondary N) is 3. The Morgan fingerprint density at radius 2 is 2.06 bits per heavy atom. The first-order chi connectivity index (χ1) is 16.5. The molecule has 3 aromatic heterocycles. The lowest BCUT2D eigenvalue weighted by atomic mass is 9.88. The van der Waals surface area contributed by atoms with Crippen molar-refractivity contribution in [1.29, 1.82) is 0 Å². The Hall–Kier alpha value is -3.54. The third-order valence-corrected chi connectivity index (χ3v) is 6.72. The second-order valence-electron chi connectivity index (χ2n) is 9.66. The van der Waals surface area contributed by atoms with Gasteiger partial charge in [0.2, 0.25) is 0 Å². The summed E-state index contributed by atoms with van der Waals surface area (Å²) in [5.41, 5.74) is -0.526. The van der Waals surface area contributed by atoms with Crippen LogP contribution in [0.1, 0.15) is 55.4 Å². The van der Waals surface area contributed by atoms with Crippen LogP contribution in [0, 0.1) is 0 Å². The van der Waals surface area contributed by atoms with E-state index in [1.54, 1.807) is 32.2 Å². The lowest BCUT2D eigenvalue weighted by Crippen LogP contribution is -2.41. The number of carbonyl (C=O) groups excluding carboxylic acids is 1. The van der Waals surface area contributed by atoms with Crippen LogP contribution in [0.2, 0.25) is 0 Å². The van der Waals surface area contributed by atoms with Crippen molar-refractivity contribution in [3.8, 4) is 0 Å². The predicted molar refractivity (Wildman–Crippen MR) is 125 cm³/mol. The standard InChI is InChI=1S/C23H27F2N7O3/c1-22(35)6-5-13(9-22)28-20(33)15-12-27-32-18(26-2)8-17(30-19(15)32)29-16-4-3-7-31(21(16)34)14-10-23(24,25)11-14/h3-4,7-8,12-14,26,35H,5-6,9-11H2,1-2H3,(H,28,33)(H,29,30)/t13-,22-/m0/s1. The van der Waals surface area contributed by atoms with Crippen molar-refractivity contribution in [2.45, 2.75) is 62.6 Å². The first-order valence-corrected chi connectivity index (χ1v) is 11.5. The number of halogens is 2. The van der Waals surface area contributed by atoms with Crippen LogP contribution in [-0.2, 0) is 0 Å². The van der Waals surface area contributed by atoms with Gasteiger partial charge >= 0.3 is 0 Å². The Balaban J connectivity index is 1.43. The molecular formula is C23H27F2N7O3. The van der Waals surface area contributed by atoms with Crippen LogP contribution in [0.5, 0.6) is 0 Å². The number of alkyl halides is 2. The molecule has 35 heavy (non-hydrogen) atoms. The first kappa shape index (κ1) is 23.2. The smallest absolute Gasteiger partial charge is 0.274 e. The Bertz CT molecular complexity index is 1340. The molecule has 2 aliphatic rings. The number of anilines is 3. The molecule has 186 valence electrons. The first-order valence-electron chi connectivity index (χ1n) is 11.5. The van der Waals surface area contributed by atoms with Gasteiger partial charge < -0.3 is 25.6 Å². The average Bonchev–Trinajstić information content (AvgIpc) is 3.35. The molecule has 5 rings (SSSR count). The molecule has 4 N–H and O–H groups in total. The highest BCUT2D eigenvalue weighted by Crippen LogP contribution is 2.44. The summed E-state index contributed by atoms with van der Waals surface area (Å²) < 4.78 is 29.4. The molecule has 3 aromatic rings. The number of nitrogens with zero attached hydrogens (tertiary/aromatic N) is 4. The van der Waals surface area contributed by atoms with E-state index >= 15 is 0 Å². The average molecular weight is 488 g/mol. The molecule has 0 saturated heterocycles. The van der Waals surface area contributed by atoms with Crippen molar-refractivity contribution >= 4 is 28.9 Å². The summed E-state index contributed by atoms with van der Waals surface area (Å²) in [4.78, 5) is 30.4. The van der Waals surface area contributed by atoms with Crippen LogP contribution in [0.4, 0.5) is 26.1 Å². The van der Waals surface area contributed by atoms with Crippen molar-refractivity contribution in [3.05, 3.63) is 46.5 Å². The van der Waals surface area contributed by atoms with Gasteiger partial charge in [-0.15, -0.1) is 0 Å². The Labute approximate surface area is 199 Å². The van der Waals surface area contributed by atoms with Crippen molar-refractivity contribution in [1.82, 2.24) is 24.5 Å². The van der Waals surface area contributed by atoms with Gasteiger partial charge in [-0.25, -0.2) is 13.8 Å². The van der Waals surface area contributed by atoms with Crippen LogP contribution < -0.4 is 21.5 Å². The number of fused-ring (bicyclic) bond motifs is 1. The minimum Gasteiger partial charge on any atom is -0.390 e. The highest BCUT2D eigenvalue weighted by molar-refractivity contribution is 6.00. The van der Waals surface area contributed by atoms with E-state index in [9.17, 15) is 23.5 Å². The molecule has 0 spiro atoms. The largest absolute Gasteiger partial charge is 0.390 e. The number of amides is 1. The Morgan fingerprint density at radius 3 is 2.71 bits per heavy atom. The minimum atomic E-state index is -2.74. The van der Waals surface area contributed by atoms with Crippen molar-refractivity contribution in [2.24, 2.45) is 0 Å². The minimum absolute atomic E-state index is 0.154. The highest BCUT2D eigenvalue weighted by atomic mass is 19.3. The van der Waals surface area contributed by atoms with Crippen LogP contribution in [0.15, 0.2) is 35.4 Å². The van der Waals surface area contributed by atoms with Crippen molar-refractivity contribution in [3.63, 3.8) is 0 Å². The lowest BCUT2D eigenvalue weighted by Gasteiger charge is -2.36. The molecule has 0 aliphatic heterocycles. The third-order valence-electron chi connectivity index (χ3n) is 6.72. The molecule has 2 saturated carbocycles. The van der Waals surface area contributed by atoms with E-state index in [0.717, 1.165) is 0 Å². The van der Waals surface area contributed by atoms with E-state index < -0.39 is 23.1 Å². The summed E-state index contributed by atoms with van der Waals surface area (Å²) in [6.45, 7) is 1.75. The molecule has 0 aromatic carbocycles. The fourth-order valence-electron chi connectivity index (χ4n) is 4.83. The number of aromatic nitrogens is 4. The summed E-state index contributed by atoms with van der Waals surface area (Å²) >= 11 is 0. The molecular weight excluding hydrogens is 460 g/mol. The normalized spacial score (nSPS) is 23.7. The number of carbonyl (C=O) groups is 1. The van der Waals surface area contributed by atoms with Crippen LogP contribution in [0.3, 0.4) is 0 Å². The fraction of sp³-hybridized carbons (Fsp3) is 0.478. The number of hydrogen-bond donors (Lipinski definition) is 4. The maximum atomic E-state index is 13.3. The van der Waals surface area contributed by atoms with Crippen molar-refractivity contribution in [2.75, 3.05) is 17.7 Å². The number of aliphatic hydroxyl groups is 1. The molecule has 2 aliphatic carbocycles. The molecule has 1 amide bonds. The van der Waals surface area contributed by atoms with E-state index in [1.165, 1.54) is 21.5 Å². The highest BCUT2D eigenvalue weighted by Gasteiger charge is 2.46. The van der Waals surface area contributed by atoms with Gasteiger partial charge in [-0.3, -0.25) is 9.59 Å². The third kappa shape index (κ3) is 4.45. The summed E-state index contributed by atoms with van der Waals surface area (Å²) in [5.74, 6) is -2.29. The van der Waals surface area contributed by atoms with Gasteiger partial charge in [0.1, 0.15) is 22.9 Å². The lowest BCUT2D eigenvalue weighted by molar-refractivity contribution is -0.104. The quantitative estimate of drug-likeness (QED) is 0.421. The second-order valence-corrected chi connectivity index (χ2v) is 9.66. The molecule has 2 atom stereocenters. The van der Waals surface area contributed by atoms with E-state index in [-0.39, 0.29) is 47.5 Å². The summed E-state index contributed by atoms with van der Waals surface area (Å²) in [5, 5.41) is 23.3. The molecule has 0 radical (unpaired) electrons. The maximum absolute atomic E-state index is 13.3. The SMILES string of the molecule is CNc1cc(Nc2cccn(C3CC(F)(F)C3)c2=O)nc2c(C(=O)N[C@H]3CC[C@](C)(O)C3)cnn12. The van der Waals surface area contributed by atoms with E-state index in [4.69, 9.17) is 0 Å². The van der Waals surface area contributed by atoms with Crippen LogP contribution in [0.25, 0.3) is 5.65 Å². The molecule has 2 fully saturated rings. The fourth-order valence-corrected chi connectivity index (χ4v) is 4.83. The zero-order valence-electron chi connectivity index (χ0n) is 19.4. The summed E-state index contributed by atoms with van der Waals surface area (Å²) in [7, 11) is 1.69. The van der Waals surface area contributed by atoms with Gasteiger partial charge in [-0.05, 0) is 38.3 Å². The Kier molecular flexibility index (Phi) is 5.50. The summed E-state index contributed by atoms with van der Waals surface area (Å²) in [6.07, 6.45) is 3.94. The zero-order valence-corrected chi connectivity index (χ0v) is 19.4. The van der Waals surface area contributed by atoms with Crippen molar-refractivity contribution < 1.29 is 18.7 Å². The van der Waals surface area contributed by atoms with Gasteiger partial charge in [0, 0.05) is 44.2 Å². The zero-order chi connectivity index (χ0) is 25.0. The van der Waals surface area contributed by atoms with Gasteiger partial charge in [-0.2, -0.15) is 9.61 Å². The molecule has 0 unspecified atom stereocenters. The van der Waals surface area contributed by atoms with E-state index in [2.05, 4.69) is 26.0 Å². The molecule has 0 bridgehead atoms. The monoisotopic (exact) mass is 487 g/mol. The van der Waals surface area contributed by atoms with E-state index in [0.29, 0.717) is 25.1 Å². The summed E-state index contributed by atoms with van der Waals surface area (Å²) in [6, 6.07) is 4.09.